The third kappa shape index (κ3) is 16.4. The maximum absolute atomic E-state index is 13.6. The molecule has 4 aliphatic rings. The number of aromatic nitrogens is 3. The van der Waals surface area contributed by atoms with E-state index >= 15 is 0 Å². The van der Waals surface area contributed by atoms with Crippen molar-refractivity contribution in [3.05, 3.63) is 168 Å². The maximum atomic E-state index is 13.6. The third-order valence-electron chi connectivity index (χ3n) is 20.0. The van der Waals surface area contributed by atoms with Crippen LogP contribution in [0.4, 0.5) is 30.2 Å². The van der Waals surface area contributed by atoms with Crippen LogP contribution in [0.15, 0.2) is 66.7 Å². The largest absolute Gasteiger partial charge is 0.344 e. The van der Waals surface area contributed by atoms with Crippen LogP contribution in [-0.4, -0.2) is 102 Å². The topological polar surface area (TPSA) is 259 Å². The summed E-state index contributed by atoms with van der Waals surface area (Å²) in [6.45, 7) is 29.2. The van der Waals surface area contributed by atoms with Gasteiger partial charge in [-0.05, 0) is 248 Å². The number of Topliss-reactive ketones (excluding diaryl/α,β-unsaturated/α-hetero) is 3. The molecule has 20 nitrogen and oxygen atoms in total. The fourth-order valence-electron chi connectivity index (χ4n) is 14.1. The number of anilines is 3. The van der Waals surface area contributed by atoms with Crippen molar-refractivity contribution in [2.75, 3.05) is 16.0 Å². The Morgan fingerprint density at radius 1 is 0.515 bits per heavy atom. The SMILES string of the molecule is CCn1c(C)c(C(=O)Nc2ccc(F)c(C)c2)c(C)c1C(=O)C(=O)NC1(C)CCC(C)CC1.Cc1cc(NC(=O)c2c(C)c(C(=O)C(=O)NC3(C)CC=CCC3)n(C)c2C)ccc1F.Cc1cc(NC(=O)c2c(C)c(C(=O)C(=O)N[C@@H]3C[C@H](C)[C@H]4OC(C)(C)O[C@H]43)n(C)c2C)ccc1F. The summed E-state index contributed by atoms with van der Waals surface area (Å²) >= 11 is 0. The van der Waals surface area contributed by atoms with Gasteiger partial charge in [-0.3, -0.25) is 43.2 Å². The van der Waals surface area contributed by atoms with Crippen LogP contribution in [0, 0.1) is 91.6 Å². The van der Waals surface area contributed by atoms with Gasteiger partial charge in [-0.1, -0.05) is 26.0 Å². The molecule has 1 aliphatic heterocycles. The average molecular weight is 1370 g/mol. The molecule has 3 aromatic carbocycles. The molecule has 0 spiro atoms. The normalized spacial score (nSPS) is 21.2. The van der Waals surface area contributed by atoms with Crippen LogP contribution in [0.5, 0.6) is 0 Å². The van der Waals surface area contributed by atoms with Crippen LogP contribution in [0.25, 0.3) is 0 Å². The number of rotatable bonds is 16. The minimum absolute atomic E-state index is 0.144. The molecule has 1 saturated heterocycles. The van der Waals surface area contributed by atoms with Crippen molar-refractivity contribution >= 4 is 69.9 Å². The van der Waals surface area contributed by atoms with Crippen LogP contribution >= 0.6 is 0 Å². The first-order chi connectivity index (χ1) is 46.3. The van der Waals surface area contributed by atoms with Crippen molar-refractivity contribution in [1.82, 2.24) is 29.7 Å². The zero-order valence-electron chi connectivity index (χ0n) is 60.1. The number of ketones is 3. The summed E-state index contributed by atoms with van der Waals surface area (Å²) in [6.07, 6.45) is 10.2. The monoisotopic (exact) mass is 1370 g/mol. The number of amides is 6. The van der Waals surface area contributed by atoms with Gasteiger partial charge in [0.25, 0.3) is 52.8 Å². The molecule has 0 bridgehead atoms. The van der Waals surface area contributed by atoms with Crippen molar-refractivity contribution in [3.63, 3.8) is 0 Å². The third-order valence-corrected chi connectivity index (χ3v) is 20.0. The number of nitrogens with zero attached hydrogens (tertiary/aromatic N) is 3. The van der Waals surface area contributed by atoms with Crippen molar-refractivity contribution in [2.24, 2.45) is 25.9 Å². The van der Waals surface area contributed by atoms with E-state index < -0.39 is 69.7 Å². The minimum Gasteiger partial charge on any atom is -0.344 e. The van der Waals surface area contributed by atoms with E-state index in [1.165, 1.54) is 42.5 Å². The number of nitrogens with one attached hydrogen (secondary N) is 6. The lowest BCUT2D eigenvalue weighted by atomic mass is 9.78. The second-order valence-electron chi connectivity index (χ2n) is 28.2. The predicted molar refractivity (Wildman–Crippen MR) is 373 cm³/mol. The van der Waals surface area contributed by atoms with Gasteiger partial charge in [-0.25, -0.2) is 13.2 Å². The van der Waals surface area contributed by atoms with E-state index in [-0.39, 0.29) is 58.7 Å². The Morgan fingerprint density at radius 3 is 1.32 bits per heavy atom. The van der Waals surface area contributed by atoms with Gasteiger partial charge in [-0.15, -0.1) is 0 Å². The zero-order valence-corrected chi connectivity index (χ0v) is 60.1. The maximum Gasteiger partial charge on any atom is 0.294 e. The van der Waals surface area contributed by atoms with Crippen LogP contribution < -0.4 is 31.9 Å². The molecule has 1 unspecified atom stereocenters. The minimum atomic E-state index is -0.749. The Kier molecular flexibility index (Phi) is 23.0. The number of ether oxygens (including phenoxy) is 2. The number of fused-ring (bicyclic) bond motifs is 1. The summed E-state index contributed by atoms with van der Waals surface area (Å²) in [4.78, 5) is 117. The Morgan fingerprint density at radius 2 is 0.909 bits per heavy atom. The predicted octanol–water partition coefficient (Wildman–Crippen LogP) is 12.8. The molecule has 99 heavy (non-hydrogen) atoms. The van der Waals surface area contributed by atoms with Gasteiger partial charge in [0, 0.05) is 65.9 Å². The van der Waals surface area contributed by atoms with E-state index in [2.05, 4.69) is 44.9 Å². The number of allylic oxidation sites excluding steroid dienone is 1. The molecule has 6 aromatic rings. The van der Waals surface area contributed by atoms with E-state index in [4.69, 9.17) is 9.47 Å². The molecule has 5 atom stereocenters. The summed E-state index contributed by atoms with van der Waals surface area (Å²) in [5.41, 5.74) is 6.31. The molecule has 530 valence electrons. The second kappa shape index (κ2) is 30.1. The Bertz CT molecular complexity index is 4260. The first-order valence-corrected chi connectivity index (χ1v) is 33.6. The number of carbonyl (C=O) groups is 9. The van der Waals surface area contributed by atoms with E-state index in [9.17, 15) is 56.3 Å². The average Bonchev–Trinajstić information content (AvgIpc) is 1.64. The van der Waals surface area contributed by atoms with E-state index in [1.807, 2.05) is 47.6 Å². The lowest BCUT2D eigenvalue weighted by molar-refractivity contribution is -0.158. The van der Waals surface area contributed by atoms with Crippen molar-refractivity contribution < 1.29 is 65.8 Å². The Labute approximate surface area is 577 Å². The first kappa shape index (κ1) is 75.6. The van der Waals surface area contributed by atoms with Gasteiger partial charge in [0.05, 0.1) is 45.9 Å². The standard InChI is InChI=1S/C26H32FN3O5.C26H34FN3O3.C24H28FN3O3/c1-12-10-16(8-9-17(12)27)28-24(32)19-14(3)20(30(7)15(19)4)21(31)25(33)29-18-11-13(2)22-23(18)35-26(5,6)34-22;1-7-30-18(5)21(24(32)28-19-8-9-20(27)16(3)14-19)17(4)22(30)23(31)25(33)29-26(6)12-10-15(2)11-13-26;1-14-13-17(9-10-18(14)25)26-22(30)19-15(2)20(28(5)16(19)3)21(29)23(31)27-24(4)11-7-6-8-12-24/h8-10,13,18,22-23H,11H2,1-7H3,(H,28,32)(H,29,33);8-9,14-15H,7,10-13H2,1-6H3,(H,28,32)(H,29,33);6-7,9-10,13H,8,11-12H2,1-5H3,(H,26,30)(H,27,31)/t13-,18+,22+,23-;;/m0../s1. The lowest BCUT2D eigenvalue weighted by Crippen LogP contribution is -2.50. The van der Waals surface area contributed by atoms with Crippen molar-refractivity contribution in [1.29, 1.82) is 0 Å². The molecular formula is C76H94F3N9O11. The van der Waals surface area contributed by atoms with Crippen molar-refractivity contribution in [2.45, 2.75) is 204 Å². The molecule has 4 heterocycles. The summed E-state index contributed by atoms with van der Waals surface area (Å²) in [5, 5.41) is 17.0. The van der Waals surface area contributed by atoms with Gasteiger partial charge in [0.1, 0.15) is 23.6 Å². The number of aryl methyl sites for hydroxylation is 3. The molecule has 3 fully saturated rings. The molecule has 0 radical (unpaired) electrons. The van der Waals surface area contributed by atoms with E-state index in [0.717, 1.165) is 38.5 Å². The van der Waals surface area contributed by atoms with E-state index in [1.54, 1.807) is 102 Å². The fraction of sp³-hybridized carbons (Fsp3) is 0.461. The fourth-order valence-corrected chi connectivity index (χ4v) is 14.1. The molecule has 6 amide bonds. The number of halogens is 3. The lowest BCUT2D eigenvalue weighted by Gasteiger charge is -2.36. The highest BCUT2D eigenvalue weighted by Crippen LogP contribution is 2.42. The Hall–Kier alpha value is -9.22. The number of benzene rings is 3. The number of carbonyl (C=O) groups excluding carboxylic acids is 9. The van der Waals surface area contributed by atoms with E-state index in [0.29, 0.717) is 110 Å². The highest BCUT2D eigenvalue weighted by atomic mass is 19.1. The molecule has 3 aromatic heterocycles. The molecule has 3 aliphatic carbocycles. The Balaban J connectivity index is 0.000000190. The molecule has 23 heteroatoms. The summed E-state index contributed by atoms with van der Waals surface area (Å²) in [5.74, 6) is -6.35. The van der Waals surface area contributed by atoms with Crippen molar-refractivity contribution in [3.8, 4) is 0 Å². The second-order valence-corrected chi connectivity index (χ2v) is 28.2. The van der Waals surface area contributed by atoms with Crippen LogP contribution in [0.2, 0.25) is 0 Å². The first-order valence-electron chi connectivity index (χ1n) is 33.6. The highest BCUT2D eigenvalue weighted by molar-refractivity contribution is 6.44. The van der Waals surface area contributed by atoms with Crippen LogP contribution in [0.3, 0.4) is 0 Å². The smallest absolute Gasteiger partial charge is 0.294 e. The van der Waals surface area contributed by atoms with Crippen LogP contribution in [0.1, 0.15) is 213 Å². The van der Waals surface area contributed by atoms with Gasteiger partial charge in [0.2, 0.25) is 0 Å². The summed E-state index contributed by atoms with van der Waals surface area (Å²) in [7, 11) is 3.30. The quantitative estimate of drug-likeness (QED) is 0.0302. The molecule has 10 rings (SSSR count). The van der Waals surface area contributed by atoms with Gasteiger partial charge < -0.3 is 55.1 Å². The molecule has 6 N–H and O–H groups in total. The zero-order chi connectivity index (χ0) is 73.2. The summed E-state index contributed by atoms with van der Waals surface area (Å²) in [6, 6.07) is 12.6. The van der Waals surface area contributed by atoms with Crippen LogP contribution in [-0.2, 0) is 44.5 Å². The number of hydrogen-bond donors (Lipinski definition) is 6. The highest BCUT2D eigenvalue weighted by Gasteiger charge is 2.53. The molecule has 2 saturated carbocycles. The molecular weight excluding hydrogens is 1270 g/mol. The summed E-state index contributed by atoms with van der Waals surface area (Å²) < 4.78 is 57.5. The van der Waals surface area contributed by atoms with Gasteiger partial charge >= 0.3 is 0 Å². The van der Waals surface area contributed by atoms with Gasteiger partial charge in [-0.2, -0.15) is 0 Å². The number of hydrogen-bond acceptors (Lipinski definition) is 11. The van der Waals surface area contributed by atoms with Gasteiger partial charge in [0.15, 0.2) is 5.79 Å².